The van der Waals surface area contributed by atoms with Gasteiger partial charge in [-0.3, -0.25) is 14.7 Å². The van der Waals surface area contributed by atoms with Crippen molar-refractivity contribution >= 4 is 17.2 Å². The van der Waals surface area contributed by atoms with E-state index in [-0.39, 0.29) is 17.6 Å². The van der Waals surface area contributed by atoms with Crippen LogP contribution in [0.4, 0.5) is 4.39 Å². The Morgan fingerprint density at radius 3 is 2.77 bits per heavy atom. The number of thiophene rings is 1. The molecule has 0 saturated carbocycles. The van der Waals surface area contributed by atoms with Crippen molar-refractivity contribution in [3.05, 3.63) is 87.1 Å². The van der Waals surface area contributed by atoms with E-state index in [1.165, 1.54) is 17.0 Å². The fourth-order valence-corrected chi connectivity index (χ4v) is 4.74. The zero-order chi connectivity index (χ0) is 20.9. The number of rotatable bonds is 6. The topological polar surface area (TPSA) is 45.2 Å². The van der Waals surface area contributed by atoms with E-state index in [9.17, 15) is 9.18 Å². The van der Waals surface area contributed by atoms with Crippen molar-refractivity contribution in [3.63, 3.8) is 0 Å². The Balaban J connectivity index is 1.42. The van der Waals surface area contributed by atoms with Crippen molar-refractivity contribution in [1.82, 2.24) is 15.2 Å². The standard InChI is InChI=1S/C24H26FN3OS/c1-17-7-8-22(24(29)26-15-18-4-2-5-20(25)14-18)23(27-17)19-9-11-28(12-10-19)16-21-6-3-13-30-21/h2-8,13-14,19H,9-12,15-16H2,1H3,(H,26,29). The molecule has 0 bridgehead atoms. The molecule has 0 unspecified atom stereocenters. The smallest absolute Gasteiger partial charge is 0.253 e. The van der Waals surface area contributed by atoms with Crippen LogP contribution in [0.1, 0.15) is 50.9 Å². The molecule has 0 aliphatic carbocycles. The summed E-state index contributed by atoms with van der Waals surface area (Å²) in [5.74, 6) is -0.170. The molecular formula is C24H26FN3OS. The van der Waals surface area contributed by atoms with E-state index < -0.39 is 0 Å². The van der Waals surface area contributed by atoms with Gasteiger partial charge in [-0.15, -0.1) is 11.3 Å². The molecule has 1 aromatic carbocycles. The van der Waals surface area contributed by atoms with Gasteiger partial charge >= 0.3 is 0 Å². The molecule has 6 heteroatoms. The number of aromatic nitrogens is 1. The summed E-state index contributed by atoms with van der Waals surface area (Å²) in [6.07, 6.45) is 1.98. The number of benzene rings is 1. The minimum Gasteiger partial charge on any atom is -0.348 e. The van der Waals surface area contributed by atoms with E-state index in [1.54, 1.807) is 23.5 Å². The third kappa shape index (κ3) is 5.12. The first-order chi connectivity index (χ1) is 14.6. The van der Waals surface area contributed by atoms with Gasteiger partial charge in [-0.1, -0.05) is 18.2 Å². The number of hydrogen-bond acceptors (Lipinski definition) is 4. The van der Waals surface area contributed by atoms with Crippen molar-refractivity contribution in [2.24, 2.45) is 0 Å². The molecule has 2 aromatic heterocycles. The molecule has 156 valence electrons. The number of carbonyl (C=O) groups excluding carboxylic acids is 1. The lowest BCUT2D eigenvalue weighted by molar-refractivity contribution is 0.0948. The molecule has 1 saturated heterocycles. The minimum absolute atomic E-state index is 0.150. The van der Waals surface area contributed by atoms with Crippen LogP contribution in [0, 0.1) is 12.7 Å². The molecule has 4 nitrogen and oxygen atoms in total. The van der Waals surface area contributed by atoms with Crippen molar-refractivity contribution in [1.29, 1.82) is 0 Å². The van der Waals surface area contributed by atoms with Gasteiger partial charge in [0.25, 0.3) is 5.91 Å². The highest BCUT2D eigenvalue weighted by molar-refractivity contribution is 7.09. The van der Waals surface area contributed by atoms with Gasteiger partial charge < -0.3 is 5.32 Å². The number of likely N-dealkylation sites (tertiary alicyclic amines) is 1. The Hall–Kier alpha value is -2.57. The molecule has 30 heavy (non-hydrogen) atoms. The summed E-state index contributed by atoms with van der Waals surface area (Å²) < 4.78 is 13.4. The van der Waals surface area contributed by atoms with Gasteiger partial charge in [0.05, 0.1) is 11.3 Å². The number of halogens is 1. The Bertz CT molecular complexity index is 997. The van der Waals surface area contributed by atoms with Crippen LogP contribution in [-0.2, 0) is 13.1 Å². The first-order valence-corrected chi connectivity index (χ1v) is 11.2. The van der Waals surface area contributed by atoms with E-state index in [4.69, 9.17) is 4.98 Å². The van der Waals surface area contributed by atoms with Crippen LogP contribution in [0.3, 0.4) is 0 Å². The van der Waals surface area contributed by atoms with Crippen LogP contribution in [0.5, 0.6) is 0 Å². The number of nitrogens with one attached hydrogen (secondary N) is 1. The number of carbonyl (C=O) groups is 1. The molecule has 1 fully saturated rings. The van der Waals surface area contributed by atoms with Crippen molar-refractivity contribution < 1.29 is 9.18 Å². The molecule has 0 atom stereocenters. The highest BCUT2D eigenvalue weighted by atomic mass is 32.1. The molecule has 1 N–H and O–H groups in total. The molecule has 0 spiro atoms. The maximum absolute atomic E-state index is 13.4. The first-order valence-electron chi connectivity index (χ1n) is 10.3. The van der Waals surface area contributed by atoms with E-state index in [1.807, 2.05) is 19.1 Å². The van der Waals surface area contributed by atoms with Crippen LogP contribution in [0.2, 0.25) is 0 Å². The van der Waals surface area contributed by atoms with Crippen LogP contribution >= 0.6 is 11.3 Å². The second kappa shape index (κ2) is 9.49. The maximum Gasteiger partial charge on any atom is 0.253 e. The van der Waals surface area contributed by atoms with Crippen molar-refractivity contribution in [2.75, 3.05) is 13.1 Å². The third-order valence-electron chi connectivity index (χ3n) is 5.58. The van der Waals surface area contributed by atoms with Gasteiger partial charge in [-0.25, -0.2) is 4.39 Å². The summed E-state index contributed by atoms with van der Waals surface area (Å²) in [5.41, 5.74) is 3.19. The summed E-state index contributed by atoms with van der Waals surface area (Å²) in [4.78, 5) is 21.5. The Morgan fingerprint density at radius 1 is 1.20 bits per heavy atom. The van der Waals surface area contributed by atoms with Crippen LogP contribution < -0.4 is 5.32 Å². The maximum atomic E-state index is 13.4. The van der Waals surface area contributed by atoms with E-state index in [0.29, 0.717) is 12.1 Å². The molecular weight excluding hydrogens is 397 g/mol. The van der Waals surface area contributed by atoms with E-state index in [2.05, 4.69) is 27.7 Å². The monoisotopic (exact) mass is 423 g/mol. The number of pyridine rings is 1. The molecule has 4 rings (SSSR count). The van der Waals surface area contributed by atoms with Gasteiger partial charge in [-0.05, 0) is 74.1 Å². The largest absolute Gasteiger partial charge is 0.348 e. The highest BCUT2D eigenvalue weighted by Gasteiger charge is 2.26. The van der Waals surface area contributed by atoms with Crippen LogP contribution in [-0.4, -0.2) is 28.9 Å². The molecule has 3 aromatic rings. The zero-order valence-electron chi connectivity index (χ0n) is 17.1. The summed E-state index contributed by atoms with van der Waals surface area (Å²) in [6.45, 7) is 5.25. The molecule has 0 radical (unpaired) electrons. The SMILES string of the molecule is Cc1ccc(C(=O)NCc2cccc(F)c2)c(C2CCN(Cc3cccs3)CC2)n1. The summed E-state index contributed by atoms with van der Waals surface area (Å²) in [6, 6.07) is 14.3. The third-order valence-corrected chi connectivity index (χ3v) is 6.45. The number of aryl methyl sites for hydroxylation is 1. The van der Waals surface area contributed by atoms with Gasteiger partial charge in [0.15, 0.2) is 0 Å². The average molecular weight is 424 g/mol. The number of piperidine rings is 1. The highest BCUT2D eigenvalue weighted by Crippen LogP contribution is 2.30. The summed E-state index contributed by atoms with van der Waals surface area (Å²) in [7, 11) is 0. The Morgan fingerprint density at radius 2 is 2.03 bits per heavy atom. The minimum atomic E-state index is -0.297. The van der Waals surface area contributed by atoms with Gasteiger partial charge in [0.2, 0.25) is 0 Å². The second-order valence-corrected chi connectivity index (χ2v) is 8.86. The predicted octanol–water partition coefficient (Wildman–Crippen LogP) is 4.90. The number of amides is 1. The van der Waals surface area contributed by atoms with Gasteiger partial charge in [-0.2, -0.15) is 0 Å². The summed E-state index contributed by atoms with van der Waals surface area (Å²) in [5, 5.41) is 5.04. The number of nitrogens with zero attached hydrogens (tertiary/aromatic N) is 2. The number of hydrogen-bond donors (Lipinski definition) is 1. The fraction of sp³-hybridized carbons (Fsp3) is 0.333. The predicted molar refractivity (Wildman–Crippen MR) is 118 cm³/mol. The molecule has 3 heterocycles. The Labute approximate surface area is 180 Å². The van der Waals surface area contributed by atoms with Gasteiger partial charge in [0, 0.05) is 29.6 Å². The average Bonchev–Trinajstić information content (AvgIpc) is 3.26. The van der Waals surface area contributed by atoms with E-state index >= 15 is 0 Å². The summed E-state index contributed by atoms with van der Waals surface area (Å²) >= 11 is 1.80. The lowest BCUT2D eigenvalue weighted by Gasteiger charge is -2.32. The first kappa shape index (κ1) is 20.7. The lowest BCUT2D eigenvalue weighted by atomic mass is 9.89. The van der Waals surface area contributed by atoms with Crippen molar-refractivity contribution in [2.45, 2.75) is 38.8 Å². The molecule has 1 aliphatic rings. The fourth-order valence-electron chi connectivity index (χ4n) is 3.99. The van der Waals surface area contributed by atoms with Gasteiger partial charge in [0.1, 0.15) is 5.82 Å². The van der Waals surface area contributed by atoms with Crippen LogP contribution in [0.15, 0.2) is 53.9 Å². The van der Waals surface area contributed by atoms with E-state index in [0.717, 1.165) is 49.4 Å². The second-order valence-electron chi connectivity index (χ2n) is 7.83. The zero-order valence-corrected chi connectivity index (χ0v) is 17.9. The Kier molecular flexibility index (Phi) is 6.55. The normalized spacial score (nSPS) is 15.3. The van der Waals surface area contributed by atoms with Crippen molar-refractivity contribution in [3.8, 4) is 0 Å². The lowest BCUT2D eigenvalue weighted by Crippen LogP contribution is -2.33. The van der Waals surface area contributed by atoms with Crippen LogP contribution in [0.25, 0.3) is 0 Å². The quantitative estimate of drug-likeness (QED) is 0.613. The molecule has 1 amide bonds. The molecule has 1 aliphatic heterocycles.